The zero-order valence-corrected chi connectivity index (χ0v) is 22.6. The van der Waals surface area contributed by atoms with E-state index in [1.807, 2.05) is 19.9 Å². The number of halogens is 3. The fourth-order valence-electron chi connectivity index (χ4n) is 5.78. The van der Waals surface area contributed by atoms with E-state index in [1.54, 1.807) is 11.0 Å². The van der Waals surface area contributed by atoms with E-state index < -0.39 is 18.0 Å². The van der Waals surface area contributed by atoms with Gasteiger partial charge in [0.2, 0.25) is 0 Å². The summed E-state index contributed by atoms with van der Waals surface area (Å²) in [5.74, 6) is -0.117. The smallest absolute Gasteiger partial charge is 0.256 e. The maximum atomic E-state index is 15.0. The monoisotopic (exact) mass is 537 g/mol. The minimum atomic E-state index is -1.64. The van der Waals surface area contributed by atoms with Crippen LogP contribution in [0.25, 0.3) is 11.3 Å². The second-order valence-corrected chi connectivity index (χ2v) is 11.4. The van der Waals surface area contributed by atoms with Gasteiger partial charge in [-0.25, -0.2) is 18.7 Å². The molecule has 1 aliphatic carbocycles. The molecule has 3 aromatic rings. The summed E-state index contributed by atoms with van der Waals surface area (Å²) in [5.41, 5.74) is 4.04. The molecule has 6 rings (SSSR count). The van der Waals surface area contributed by atoms with Crippen LogP contribution in [0.4, 0.5) is 18.9 Å². The number of pyridine rings is 1. The predicted molar refractivity (Wildman–Crippen MR) is 144 cm³/mol. The zero-order valence-electron chi connectivity index (χ0n) is 22.6. The average molecular weight is 538 g/mol. The second-order valence-electron chi connectivity index (χ2n) is 11.4. The first-order chi connectivity index (χ1) is 18.8. The van der Waals surface area contributed by atoms with Crippen molar-refractivity contribution in [3.8, 4) is 17.0 Å². The van der Waals surface area contributed by atoms with Crippen LogP contribution >= 0.6 is 0 Å². The topological polar surface area (TPSA) is 54.4 Å². The van der Waals surface area contributed by atoms with Crippen LogP contribution in [0.1, 0.15) is 74.1 Å². The number of hydrogen-bond acceptors (Lipinski definition) is 6. The zero-order chi connectivity index (χ0) is 27.3. The third-order valence-corrected chi connectivity index (χ3v) is 8.09. The van der Waals surface area contributed by atoms with Crippen LogP contribution in [0.3, 0.4) is 0 Å². The van der Waals surface area contributed by atoms with E-state index in [2.05, 4.69) is 28.0 Å². The summed E-state index contributed by atoms with van der Waals surface area (Å²) >= 11 is 0. The van der Waals surface area contributed by atoms with E-state index in [0.29, 0.717) is 29.8 Å². The van der Waals surface area contributed by atoms with Gasteiger partial charge >= 0.3 is 0 Å². The summed E-state index contributed by atoms with van der Waals surface area (Å²) in [6.45, 7) is 5.93. The number of aromatic nitrogens is 3. The van der Waals surface area contributed by atoms with E-state index in [9.17, 15) is 8.78 Å². The lowest BCUT2D eigenvalue weighted by Gasteiger charge is -2.36. The first kappa shape index (κ1) is 26.0. The number of hydrogen-bond donors (Lipinski definition) is 0. The maximum Gasteiger partial charge on any atom is 0.256 e. The molecule has 9 heteroatoms. The molecule has 0 spiro atoms. The molecule has 0 bridgehead atoms. The predicted octanol–water partition coefficient (Wildman–Crippen LogP) is 6.00. The van der Waals surface area contributed by atoms with Crippen molar-refractivity contribution in [3.63, 3.8) is 0 Å². The van der Waals surface area contributed by atoms with E-state index in [1.165, 1.54) is 11.3 Å². The number of nitrogens with zero attached hydrogens (tertiary/aromatic N) is 5. The molecule has 2 aliphatic heterocycles. The first-order valence-corrected chi connectivity index (χ1v) is 13.9. The Hall–Kier alpha value is -3.20. The van der Waals surface area contributed by atoms with Crippen molar-refractivity contribution < 1.29 is 17.9 Å². The molecule has 1 saturated carbocycles. The third kappa shape index (κ3) is 5.33. The highest BCUT2D eigenvalue weighted by Crippen LogP contribution is 2.44. The van der Waals surface area contributed by atoms with Gasteiger partial charge in [-0.05, 0) is 89.3 Å². The Bertz CT molecular complexity index is 1370. The summed E-state index contributed by atoms with van der Waals surface area (Å²) in [6, 6.07) is 6.91. The number of anilines is 1. The van der Waals surface area contributed by atoms with Crippen LogP contribution in [0, 0.1) is 11.6 Å². The fraction of sp³-hybridized carbons (Fsp3) is 0.500. The minimum Gasteiger partial charge on any atom is -0.453 e. The van der Waals surface area contributed by atoms with Gasteiger partial charge in [-0.3, -0.25) is 4.98 Å². The molecular weight excluding hydrogens is 503 g/mol. The Kier molecular flexibility index (Phi) is 6.95. The van der Waals surface area contributed by atoms with Crippen LogP contribution in [0.5, 0.6) is 5.75 Å². The molecule has 4 heterocycles. The number of fused-ring (bicyclic) bond motifs is 1. The number of likely N-dealkylation sites (tertiary alicyclic amines) is 1. The van der Waals surface area contributed by atoms with Crippen molar-refractivity contribution in [1.82, 2.24) is 19.9 Å². The number of ether oxygens (including phenoxy) is 1. The van der Waals surface area contributed by atoms with Gasteiger partial charge in [0.05, 0.1) is 24.8 Å². The van der Waals surface area contributed by atoms with Crippen LogP contribution in [-0.2, 0) is 6.42 Å². The minimum absolute atomic E-state index is 0.00172. The summed E-state index contributed by atoms with van der Waals surface area (Å²) in [4.78, 5) is 17.9. The van der Waals surface area contributed by atoms with Gasteiger partial charge in [0.25, 0.3) is 6.36 Å². The van der Waals surface area contributed by atoms with Gasteiger partial charge in [-0.2, -0.15) is 4.39 Å². The third-order valence-electron chi connectivity index (χ3n) is 8.09. The normalized spacial score (nSPS) is 20.3. The molecule has 0 N–H and O–H groups in total. The Balaban J connectivity index is 1.30. The maximum absolute atomic E-state index is 15.0. The Labute approximate surface area is 227 Å². The molecular formula is C30H34F3N5O. The molecule has 39 heavy (non-hydrogen) atoms. The molecule has 2 aromatic heterocycles. The van der Waals surface area contributed by atoms with Crippen molar-refractivity contribution in [2.75, 3.05) is 31.6 Å². The Morgan fingerprint density at radius 3 is 2.49 bits per heavy atom. The van der Waals surface area contributed by atoms with Gasteiger partial charge in [-0.15, -0.1) is 0 Å². The summed E-state index contributed by atoms with van der Waals surface area (Å²) < 4.78 is 49.3. The average Bonchev–Trinajstić information content (AvgIpc) is 3.76. The molecule has 1 aromatic carbocycles. The fourth-order valence-corrected chi connectivity index (χ4v) is 5.78. The quantitative estimate of drug-likeness (QED) is 0.385. The van der Waals surface area contributed by atoms with Crippen molar-refractivity contribution in [2.45, 2.75) is 70.2 Å². The molecule has 2 fully saturated rings. The molecule has 6 nitrogen and oxygen atoms in total. The van der Waals surface area contributed by atoms with Crippen LogP contribution < -0.4 is 9.64 Å². The second kappa shape index (κ2) is 10.4. The van der Waals surface area contributed by atoms with Crippen molar-refractivity contribution in [1.29, 1.82) is 0 Å². The van der Waals surface area contributed by atoms with Crippen LogP contribution in [-0.4, -0.2) is 58.9 Å². The van der Waals surface area contributed by atoms with Crippen molar-refractivity contribution >= 4 is 5.69 Å². The van der Waals surface area contributed by atoms with Crippen molar-refractivity contribution in [3.05, 3.63) is 64.9 Å². The van der Waals surface area contributed by atoms with Crippen molar-refractivity contribution in [2.24, 2.45) is 0 Å². The van der Waals surface area contributed by atoms with Gasteiger partial charge in [0.1, 0.15) is 11.5 Å². The lowest BCUT2D eigenvalue weighted by molar-refractivity contribution is 0.0591. The SMILES string of the molecule is CC(C)N1CC(F)Oc2c(F)cc(-c3nc(Cc4ccc(C5CCN(C)CC5)c(C5CC5)n4)ncc3F)cc21. The Morgan fingerprint density at radius 2 is 1.77 bits per heavy atom. The number of rotatable bonds is 6. The highest BCUT2D eigenvalue weighted by molar-refractivity contribution is 5.72. The highest BCUT2D eigenvalue weighted by Gasteiger charge is 2.32. The summed E-state index contributed by atoms with van der Waals surface area (Å²) in [7, 11) is 2.17. The summed E-state index contributed by atoms with van der Waals surface area (Å²) in [6.07, 6.45) is 4.45. The summed E-state index contributed by atoms with van der Waals surface area (Å²) in [5, 5.41) is 0. The molecule has 0 radical (unpaired) electrons. The number of alkyl halides is 1. The molecule has 1 saturated heterocycles. The largest absolute Gasteiger partial charge is 0.453 e. The molecule has 3 aliphatic rings. The molecule has 1 unspecified atom stereocenters. The first-order valence-electron chi connectivity index (χ1n) is 13.9. The lowest BCUT2D eigenvalue weighted by Crippen LogP contribution is -2.42. The Morgan fingerprint density at radius 1 is 1.00 bits per heavy atom. The lowest BCUT2D eigenvalue weighted by atomic mass is 9.87. The van der Waals surface area contributed by atoms with Crippen LogP contribution in [0.2, 0.25) is 0 Å². The highest BCUT2D eigenvalue weighted by atomic mass is 19.1. The van der Waals surface area contributed by atoms with E-state index in [4.69, 9.17) is 9.72 Å². The van der Waals surface area contributed by atoms with Gasteiger partial charge in [0.15, 0.2) is 17.4 Å². The molecule has 206 valence electrons. The van der Waals surface area contributed by atoms with E-state index in [0.717, 1.165) is 56.7 Å². The van der Waals surface area contributed by atoms with E-state index >= 15 is 4.39 Å². The van der Waals surface area contributed by atoms with Gasteiger partial charge < -0.3 is 14.5 Å². The van der Waals surface area contributed by atoms with E-state index in [-0.39, 0.29) is 29.6 Å². The number of benzene rings is 1. The standard InChI is InChI=1S/C30H34F3N5O/c1-17(2)38-16-26(33)39-30-23(31)12-20(13-25(30)38)29-24(32)15-34-27(36-29)14-21-6-7-22(28(35-21)19-4-5-19)18-8-10-37(3)11-9-18/h6-7,12-13,15,17-19,26H,4-5,8-11,14,16H2,1-3H3. The van der Waals surface area contributed by atoms with Gasteiger partial charge in [0, 0.05) is 28.9 Å². The molecule has 1 atom stereocenters. The van der Waals surface area contributed by atoms with Gasteiger partial charge in [-0.1, -0.05) is 6.07 Å². The number of piperidine rings is 1. The van der Waals surface area contributed by atoms with Crippen LogP contribution in [0.15, 0.2) is 30.5 Å². The molecule has 0 amide bonds.